The standard InChI is InChI=1S/C18H16ClN3O2S/c1-12-11-25-17(21-12)10-20-18(23)22-15-9-13(19)7-8-16(15)24-14-5-3-2-4-6-14/h2-9,11H,10H2,1H3,(H2,20,22,23). The van der Waals surface area contributed by atoms with Gasteiger partial charge in [0.05, 0.1) is 12.2 Å². The van der Waals surface area contributed by atoms with E-state index in [0.29, 0.717) is 28.8 Å². The van der Waals surface area contributed by atoms with Crippen LogP contribution in [0.15, 0.2) is 53.9 Å². The van der Waals surface area contributed by atoms with E-state index >= 15 is 0 Å². The van der Waals surface area contributed by atoms with Crippen LogP contribution >= 0.6 is 22.9 Å². The number of nitrogens with zero attached hydrogens (tertiary/aromatic N) is 1. The molecule has 3 rings (SSSR count). The zero-order valence-corrected chi connectivity index (χ0v) is 15.0. The van der Waals surface area contributed by atoms with Gasteiger partial charge in [0, 0.05) is 16.1 Å². The number of carbonyl (C=O) groups is 1. The number of aryl methyl sites for hydroxylation is 1. The van der Waals surface area contributed by atoms with E-state index in [1.807, 2.05) is 42.6 Å². The van der Waals surface area contributed by atoms with Crippen molar-refractivity contribution < 1.29 is 9.53 Å². The molecule has 0 aliphatic rings. The van der Waals surface area contributed by atoms with Gasteiger partial charge in [-0.2, -0.15) is 0 Å². The summed E-state index contributed by atoms with van der Waals surface area (Å²) in [7, 11) is 0. The number of thiazole rings is 1. The Kier molecular flexibility index (Phi) is 5.53. The number of benzene rings is 2. The molecule has 3 aromatic rings. The van der Waals surface area contributed by atoms with Gasteiger partial charge in [-0.05, 0) is 37.3 Å². The summed E-state index contributed by atoms with van der Waals surface area (Å²) in [6.45, 7) is 2.28. The summed E-state index contributed by atoms with van der Waals surface area (Å²) in [6, 6.07) is 14.0. The summed E-state index contributed by atoms with van der Waals surface area (Å²) in [5.74, 6) is 1.18. The van der Waals surface area contributed by atoms with Crippen LogP contribution in [-0.2, 0) is 6.54 Å². The maximum Gasteiger partial charge on any atom is 0.319 e. The third-order valence-electron chi connectivity index (χ3n) is 3.23. The topological polar surface area (TPSA) is 63.2 Å². The highest BCUT2D eigenvalue weighted by Crippen LogP contribution is 2.31. The van der Waals surface area contributed by atoms with Crippen molar-refractivity contribution in [3.63, 3.8) is 0 Å². The minimum atomic E-state index is -0.354. The molecular weight excluding hydrogens is 358 g/mol. The number of anilines is 1. The number of aromatic nitrogens is 1. The van der Waals surface area contributed by atoms with Gasteiger partial charge in [-0.3, -0.25) is 0 Å². The van der Waals surface area contributed by atoms with Gasteiger partial charge in [-0.1, -0.05) is 29.8 Å². The molecule has 1 heterocycles. The van der Waals surface area contributed by atoms with Crippen molar-refractivity contribution in [2.45, 2.75) is 13.5 Å². The summed E-state index contributed by atoms with van der Waals surface area (Å²) < 4.78 is 5.82. The van der Waals surface area contributed by atoms with Crippen molar-refractivity contribution in [2.24, 2.45) is 0 Å². The van der Waals surface area contributed by atoms with Gasteiger partial charge in [0.15, 0.2) is 5.75 Å². The van der Waals surface area contributed by atoms with E-state index in [0.717, 1.165) is 10.7 Å². The number of nitrogens with one attached hydrogen (secondary N) is 2. The van der Waals surface area contributed by atoms with Gasteiger partial charge in [-0.25, -0.2) is 9.78 Å². The summed E-state index contributed by atoms with van der Waals surface area (Å²) in [5, 5.41) is 8.83. The second-order valence-corrected chi connectivity index (χ2v) is 6.62. The number of para-hydroxylation sites is 1. The van der Waals surface area contributed by atoms with Crippen molar-refractivity contribution in [2.75, 3.05) is 5.32 Å². The number of amides is 2. The van der Waals surface area contributed by atoms with Crippen molar-refractivity contribution in [3.8, 4) is 11.5 Å². The van der Waals surface area contributed by atoms with Crippen LogP contribution < -0.4 is 15.4 Å². The minimum Gasteiger partial charge on any atom is -0.455 e. The van der Waals surface area contributed by atoms with Crippen molar-refractivity contribution in [3.05, 3.63) is 69.6 Å². The van der Waals surface area contributed by atoms with Crippen LogP contribution in [0.4, 0.5) is 10.5 Å². The predicted octanol–water partition coefficient (Wildman–Crippen LogP) is 5.22. The Morgan fingerprint density at radius 2 is 2.04 bits per heavy atom. The number of hydrogen-bond donors (Lipinski definition) is 2. The lowest BCUT2D eigenvalue weighted by Gasteiger charge is -2.13. The largest absolute Gasteiger partial charge is 0.455 e. The van der Waals surface area contributed by atoms with E-state index in [4.69, 9.17) is 16.3 Å². The molecule has 0 saturated carbocycles. The molecule has 2 amide bonds. The number of carbonyl (C=O) groups excluding carboxylic acids is 1. The first-order valence-corrected chi connectivity index (χ1v) is 8.84. The van der Waals surface area contributed by atoms with Gasteiger partial charge in [0.25, 0.3) is 0 Å². The first-order valence-electron chi connectivity index (χ1n) is 7.58. The van der Waals surface area contributed by atoms with E-state index in [2.05, 4.69) is 15.6 Å². The van der Waals surface area contributed by atoms with Crippen molar-refractivity contribution in [1.29, 1.82) is 0 Å². The lowest BCUT2D eigenvalue weighted by molar-refractivity contribution is 0.251. The Bertz CT molecular complexity index is 868. The molecule has 0 unspecified atom stereocenters. The maximum atomic E-state index is 12.2. The average Bonchev–Trinajstić information content (AvgIpc) is 3.02. The Labute approximate surface area is 154 Å². The van der Waals surface area contributed by atoms with Crippen molar-refractivity contribution >= 4 is 34.7 Å². The number of hydrogen-bond acceptors (Lipinski definition) is 4. The highest BCUT2D eigenvalue weighted by atomic mass is 35.5. The first kappa shape index (κ1) is 17.3. The molecule has 5 nitrogen and oxygen atoms in total. The fraction of sp³-hybridized carbons (Fsp3) is 0.111. The van der Waals surface area contributed by atoms with E-state index in [1.165, 1.54) is 11.3 Å². The Balaban J connectivity index is 1.68. The third-order valence-corrected chi connectivity index (χ3v) is 4.43. The molecule has 0 aliphatic carbocycles. The molecule has 0 atom stereocenters. The number of rotatable bonds is 5. The third kappa shape index (κ3) is 4.95. The monoisotopic (exact) mass is 373 g/mol. The van der Waals surface area contributed by atoms with E-state index < -0.39 is 0 Å². The molecule has 1 aromatic heterocycles. The van der Waals surface area contributed by atoms with Crippen LogP contribution in [0.2, 0.25) is 5.02 Å². The van der Waals surface area contributed by atoms with Crippen LogP contribution in [0.1, 0.15) is 10.7 Å². The zero-order chi connectivity index (χ0) is 17.6. The molecule has 0 bridgehead atoms. The molecule has 0 aliphatic heterocycles. The fourth-order valence-corrected chi connectivity index (χ4v) is 2.99. The van der Waals surface area contributed by atoms with Crippen LogP contribution in [-0.4, -0.2) is 11.0 Å². The smallest absolute Gasteiger partial charge is 0.319 e. The Morgan fingerprint density at radius 1 is 1.24 bits per heavy atom. The van der Waals surface area contributed by atoms with Gasteiger partial charge >= 0.3 is 6.03 Å². The lowest BCUT2D eigenvalue weighted by Crippen LogP contribution is -2.28. The first-order chi connectivity index (χ1) is 12.1. The summed E-state index contributed by atoms with van der Waals surface area (Å²) in [5.41, 5.74) is 1.43. The average molecular weight is 374 g/mol. The molecule has 0 fully saturated rings. The summed E-state index contributed by atoms with van der Waals surface area (Å²) in [4.78, 5) is 16.5. The molecular formula is C18H16ClN3O2S. The predicted molar refractivity (Wildman–Crippen MR) is 101 cm³/mol. The Morgan fingerprint density at radius 3 is 2.76 bits per heavy atom. The number of urea groups is 1. The fourth-order valence-electron chi connectivity index (χ4n) is 2.11. The molecule has 128 valence electrons. The molecule has 7 heteroatoms. The lowest BCUT2D eigenvalue weighted by atomic mass is 10.3. The molecule has 25 heavy (non-hydrogen) atoms. The molecule has 0 spiro atoms. The SMILES string of the molecule is Cc1csc(CNC(=O)Nc2cc(Cl)ccc2Oc2ccccc2)n1. The van der Waals surface area contributed by atoms with Gasteiger partial charge in [0.2, 0.25) is 0 Å². The highest BCUT2D eigenvalue weighted by molar-refractivity contribution is 7.09. The molecule has 2 N–H and O–H groups in total. The summed E-state index contributed by atoms with van der Waals surface area (Å²) >= 11 is 7.55. The van der Waals surface area contributed by atoms with Gasteiger partial charge < -0.3 is 15.4 Å². The normalized spacial score (nSPS) is 10.3. The van der Waals surface area contributed by atoms with Gasteiger partial charge in [0.1, 0.15) is 10.8 Å². The van der Waals surface area contributed by atoms with Gasteiger partial charge in [-0.15, -0.1) is 11.3 Å². The Hall–Kier alpha value is -2.57. The molecule has 2 aromatic carbocycles. The second kappa shape index (κ2) is 8.00. The van der Waals surface area contributed by atoms with E-state index in [9.17, 15) is 4.79 Å². The zero-order valence-electron chi connectivity index (χ0n) is 13.5. The van der Waals surface area contributed by atoms with E-state index in [-0.39, 0.29) is 6.03 Å². The van der Waals surface area contributed by atoms with Crippen LogP contribution in [0.25, 0.3) is 0 Å². The quantitative estimate of drug-likeness (QED) is 0.644. The van der Waals surface area contributed by atoms with Crippen molar-refractivity contribution in [1.82, 2.24) is 10.3 Å². The number of halogens is 1. The second-order valence-electron chi connectivity index (χ2n) is 5.25. The van der Waals surface area contributed by atoms with Crippen LogP contribution in [0, 0.1) is 6.92 Å². The summed E-state index contributed by atoms with van der Waals surface area (Å²) in [6.07, 6.45) is 0. The van der Waals surface area contributed by atoms with E-state index in [1.54, 1.807) is 18.2 Å². The number of ether oxygens (including phenoxy) is 1. The maximum absolute atomic E-state index is 12.2. The molecule has 0 saturated heterocycles. The van der Waals surface area contributed by atoms with Crippen LogP contribution in [0.5, 0.6) is 11.5 Å². The highest BCUT2D eigenvalue weighted by Gasteiger charge is 2.10. The van der Waals surface area contributed by atoms with Crippen LogP contribution in [0.3, 0.4) is 0 Å². The molecule has 0 radical (unpaired) electrons. The minimum absolute atomic E-state index is 0.354.